The van der Waals surface area contributed by atoms with Crippen LogP contribution in [0.1, 0.15) is 28.9 Å². The zero-order valence-corrected chi connectivity index (χ0v) is 26.3. The van der Waals surface area contributed by atoms with Crippen LogP contribution in [0, 0.1) is 0 Å². The van der Waals surface area contributed by atoms with Crippen LogP contribution in [0.3, 0.4) is 0 Å². The average molecular weight is 653 g/mol. The molecule has 2 aliphatic rings. The number of benzene rings is 3. The SMILES string of the molecule is C[C@@H](Cl)[C@@H]1CN(C(=O)c2cc3cc(NC(=O)CN(C)C)ccc3[nH]2)c2cc(O[C@@H]3OC(CO)[C@H](O)C(O)[C@@H]3O)c3ccccc3c21. The Morgan fingerprint density at radius 1 is 1.09 bits per heavy atom. The molecule has 1 saturated heterocycles. The molecule has 244 valence electrons. The van der Waals surface area contributed by atoms with E-state index in [1.54, 1.807) is 40.1 Å². The zero-order valence-electron chi connectivity index (χ0n) is 25.6. The van der Waals surface area contributed by atoms with Crippen molar-refractivity contribution in [3.8, 4) is 5.75 Å². The van der Waals surface area contributed by atoms with Crippen molar-refractivity contribution in [1.29, 1.82) is 0 Å². The number of nitrogens with one attached hydrogen (secondary N) is 2. The maximum Gasteiger partial charge on any atom is 0.274 e. The number of amides is 2. The number of hydrogen-bond acceptors (Lipinski definition) is 9. The number of halogens is 1. The Kier molecular flexibility index (Phi) is 8.96. The molecule has 4 aromatic rings. The summed E-state index contributed by atoms with van der Waals surface area (Å²) in [6.07, 6.45) is -7.31. The Balaban J connectivity index is 1.37. The van der Waals surface area contributed by atoms with Gasteiger partial charge in [-0.15, -0.1) is 11.6 Å². The van der Waals surface area contributed by atoms with E-state index >= 15 is 0 Å². The summed E-state index contributed by atoms with van der Waals surface area (Å²) in [5.41, 5.74) is 3.11. The fourth-order valence-corrected chi connectivity index (χ4v) is 6.47. The molecular weight excluding hydrogens is 616 g/mol. The molecule has 1 fully saturated rings. The largest absolute Gasteiger partial charge is 0.461 e. The van der Waals surface area contributed by atoms with Gasteiger partial charge in [0.25, 0.3) is 5.91 Å². The Morgan fingerprint density at radius 3 is 2.52 bits per heavy atom. The number of ether oxygens (including phenoxy) is 2. The lowest BCUT2D eigenvalue weighted by atomic mass is 9.92. The van der Waals surface area contributed by atoms with E-state index in [0.717, 1.165) is 21.9 Å². The predicted octanol–water partition coefficient (Wildman–Crippen LogP) is 2.37. The van der Waals surface area contributed by atoms with Crippen molar-refractivity contribution < 1.29 is 39.5 Å². The molecule has 0 radical (unpaired) electrons. The van der Waals surface area contributed by atoms with Crippen LogP contribution in [-0.4, -0.2) is 112 Å². The summed E-state index contributed by atoms with van der Waals surface area (Å²) in [6.45, 7) is 1.82. The van der Waals surface area contributed by atoms with Crippen molar-refractivity contribution in [2.75, 3.05) is 44.0 Å². The maximum absolute atomic E-state index is 14.2. The van der Waals surface area contributed by atoms with Crippen LogP contribution in [0.5, 0.6) is 5.75 Å². The van der Waals surface area contributed by atoms with E-state index in [-0.39, 0.29) is 35.4 Å². The smallest absolute Gasteiger partial charge is 0.274 e. The van der Waals surface area contributed by atoms with Crippen molar-refractivity contribution in [2.45, 2.75) is 48.9 Å². The molecule has 6 N–H and O–H groups in total. The van der Waals surface area contributed by atoms with Gasteiger partial charge >= 0.3 is 0 Å². The molecule has 12 nitrogen and oxygen atoms in total. The Hall–Kier alpha value is -3.75. The minimum absolute atomic E-state index is 0.153. The second-order valence-electron chi connectivity index (χ2n) is 12.1. The number of rotatable bonds is 8. The van der Waals surface area contributed by atoms with Gasteiger partial charge in [0, 0.05) is 45.9 Å². The Morgan fingerprint density at radius 2 is 1.83 bits per heavy atom. The maximum atomic E-state index is 14.2. The highest BCUT2D eigenvalue weighted by atomic mass is 35.5. The number of hydrogen-bond donors (Lipinski definition) is 6. The van der Waals surface area contributed by atoms with Crippen LogP contribution in [0.4, 0.5) is 11.4 Å². The van der Waals surface area contributed by atoms with Crippen LogP contribution in [0.25, 0.3) is 21.7 Å². The minimum Gasteiger partial charge on any atom is -0.461 e. The summed E-state index contributed by atoms with van der Waals surface area (Å²) >= 11 is 6.72. The second kappa shape index (κ2) is 12.8. The molecule has 2 unspecified atom stereocenters. The molecule has 6 rings (SSSR count). The zero-order chi connectivity index (χ0) is 32.9. The molecule has 3 aromatic carbocycles. The van der Waals surface area contributed by atoms with Crippen molar-refractivity contribution in [3.05, 3.63) is 65.9 Å². The first-order valence-electron chi connectivity index (χ1n) is 15.0. The van der Waals surface area contributed by atoms with Gasteiger partial charge in [0.2, 0.25) is 12.2 Å². The topological polar surface area (TPSA) is 168 Å². The third-order valence-electron chi connectivity index (χ3n) is 8.55. The van der Waals surface area contributed by atoms with Gasteiger partial charge in [0.05, 0.1) is 18.8 Å². The van der Waals surface area contributed by atoms with Crippen LogP contribution in [-0.2, 0) is 9.53 Å². The third kappa shape index (κ3) is 5.93. The fraction of sp³-hybridized carbons (Fsp3) is 0.394. The molecule has 0 aliphatic carbocycles. The van der Waals surface area contributed by atoms with Gasteiger partial charge in [-0.1, -0.05) is 24.3 Å². The van der Waals surface area contributed by atoms with E-state index < -0.39 is 37.3 Å². The van der Waals surface area contributed by atoms with Gasteiger partial charge in [-0.25, -0.2) is 0 Å². The summed E-state index contributed by atoms with van der Waals surface area (Å²) in [7, 11) is 3.62. The van der Waals surface area contributed by atoms with Gasteiger partial charge in [-0.2, -0.15) is 0 Å². The number of aliphatic hydroxyl groups excluding tert-OH is 4. The van der Waals surface area contributed by atoms with E-state index in [2.05, 4.69) is 10.3 Å². The Bertz CT molecular complexity index is 1780. The lowest BCUT2D eigenvalue weighted by Crippen LogP contribution is -2.60. The molecular formula is C33H37ClN4O8. The number of carbonyl (C=O) groups is 2. The Labute approximate surface area is 270 Å². The number of aromatic amines is 1. The van der Waals surface area contributed by atoms with Gasteiger partial charge in [0.15, 0.2) is 0 Å². The monoisotopic (exact) mass is 652 g/mol. The summed E-state index contributed by atoms with van der Waals surface area (Å²) in [6, 6.07) is 16.2. The molecule has 0 saturated carbocycles. The van der Waals surface area contributed by atoms with Crippen molar-refractivity contribution in [2.24, 2.45) is 0 Å². The molecule has 7 atom stereocenters. The van der Waals surface area contributed by atoms with Gasteiger partial charge in [-0.05, 0) is 56.2 Å². The quantitative estimate of drug-likeness (QED) is 0.157. The van der Waals surface area contributed by atoms with Crippen molar-refractivity contribution in [1.82, 2.24) is 9.88 Å². The highest BCUT2D eigenvalue weighted by Gasteiger charge is 2.45. The summed E-state index contributed by atoms with van der Waals surface area (Å²) < 4.78 is 11.8. The second-order valence-corrected chi connectivity index (χ2v) is 12.8. The standard InChI is InChI=1S/C33H37ClN4O8/c1-16(34)21-13-38(32(44)23-11-17-10-18(8-9-22(17)36-23)35-27(40)14-37(2)3)24-12-25(19-6-4-5-7-20(19)28(21)24)45-33-31(43)30(42)29(41)26(15-39)46-33/h4-12,16,21,26,29-31,33,36,39,41-43H,13-15H2,1-3H3,(H,35,40)/t16-,21+,26?,29+,30?,31+,33-/m1/s1. The number of aromatic nitrogens is 1. The highest BCUT2D eigenvalue weighted by molar-refractivity contribution is 6.22. The number of likely N-dealkylation sites (N-methyl/N-ethyl adjacent to an activating group) is 1. The first kappa shape index (κ1) is 32.2. The van der Waals surface area contributed by atoms with E-state index in [4.69, 9.17) is 21.1 Å². The van der Waals surface area contributed by atoms with Gasteiger partial charge in [0.1, 0.15) is 35.9 Å². The molecule has 46 heavy (non-hydrogen) atoms. The predicted molar refractivity (Wildman–Crippen MR) is 174 cm³/mol. The average Bonchev–Trinajstić information content (AvgIpc) is 3.62. The summed E-state index contributed by atoms with van der Waals surface area (Å²) in [5, 5.41) is 45.7. The number of fused-ring (bicyclic) bond motifs is 4. The highest BCUT2D eigenvalue weighted by Crippen LogP contribution is 2.48. The van der Waals surface area contributed by atoms with Crippen LogP contribution >= 0.6 is 11.6 Å². The molecule has 13 heteroatoms. The van der Waals surface area contributed by atoms with E-state index in [1.807, 2.05) is 45.3 Å². The normalized spacial score (nSPS) is 25.2. The molecule has 2 aliphatic heterocycles. The molecule has 2 amide bonds. The van der Waals surface area contributed by atoms with Crippen molar-refractivity contribution in [3.63, 3.8) is 0 Å². The number of H-pyrrole nitrogens is 1. The number of alkyl halides is 1. The van der Waals surface area contributed by atoms with Crippen LogP contribution in [0.2, 0.25) is 0 Å². The number of anilines is 2. The molecule has 0 spiro atoms. The van der Waals surface area contributed by atoms with E-state index in [9.17, 15) is 30.0 Å². The third-order valence-corrected chi connectivity index (χ3v) is 8.86. The fourth-order valence-electron chi connectivity index (χ4n) is 6.26. The number of carbonyl (C=O) groups excluding carboxylic acids is 2. The van der Waals surface area contributed by atoms with Crippen LogP contribution in [0.15, 0.2) is 54.6 Å². The first-order valence-corrected chi connectivity index (χ1v) is 15.5. The van der Waals surface area contributed by atoms with Crippen LogP contribution < -0.4 is 15.0 Å². The summed E-state index contributed by atoms with van der Waals surface area (Å²) in [4.78, 5) is 33.0. The first-order chi connectivity index (χ1) is 22.0. The van der Waals surface area contributed by atoms with Gasteiger partial charge < -0.3 is 50.0 Å². The lowest BCUT2D eigenvalue weighted by Gasteiger charge is -2.39. The lowest BCUT2D eigenvalue weighted by molar-refractivity contribution is -0.277. The van der Waals surface area contributed by atoms with Gasteiger partial charge in [-0.3, -0.25) is 9.59 Å². The number of nitrogens with zero attached hydrogens (tertiary/aromatic N) is 2. The van der Waals surface area contributed by atoms with E-state index in [1.165, 1.54) is 0 Å². The number of aliphatic hydroxyl groups is 4. The molecule has 1 aromatic heterocycles. The molecule has 0 bridgehead atoms. The minimum atomic E-state index is -1.61. The van der Waals surface area contributed by atoms with E-state index in [0.29, 0.717) is 29.0 Å². The van der Waals surface area contributed by atoms with Crippen molar-refractivity contribution >= 4 is 56.5 Å². The molecule has 3 heterocycles. The summed E-state index contributed by atoms with van der Waals surface area (Å²) in [5.74, 6) is -0.395.